The van der Waals surface area contributed by atoms with Crippen LogP contribution in [0.25, 0.3) is 0 Å². The van der Waals surface area contributed by atoms with Crippen LogP contribution in [0.4, 0.5) is 0 Å². The third-order valence-electron chi connectivity index (χ3n) is 1.77. The molecule has 0 aliphatic heterocycles. The Bertz CT molecular complexity index is 459. The molecule has 7 heteroatoms. The van der Waals surface area contributed by atoms with E-state index in [1.807, 2.05) is 0 Å². The summed E-state index contributed by atoms with van der Waals surface area (Å²) in [5.74, 6) is -1.65. The first-order valence-electron chi connectivity index (χ1n) is 4.35. The second kappa shape index (κ2) is 6.45. The zero-order chi connectivity index (χ0) is 13.0. The van der Waals surface area contributed by atoms with E-state index in [0.29, 0.717) is 0 Å². The van der Waals surface area contributed by atoms with Gasteiger partial charge in [-0.25, -0.2) is 0 Å². The van der Waals surface area contributed by atoms with Crippen LogP contribution in [0.3, 0.4) is 0 Å². The molecule has 0 radical (unpaired) electrons. The molecule has 0 atom stereocenters. The number of ketones is 2. The number of alkyl halides is 1. The van der Waals surface area contributed by atoms with Gasteiger partial charge < -0.3 is 4.74 Å². The Labute approximate surface area is 118 Å². The number of halogens is 4. The molecule has 92 valence electrons. The van der Waals surface area contributed by atoms with Crippen molar-refractivity contribution >= 4 is 58.0 Å². The van der Waals surface area contributed by atoms with Crippen molar-refractivity contribution in [2.75, 3.05) is 12.5 Å². The van der Waals surface area contributed by atoms with Crippen molar-refractivity contribution in [2.24, 2.45) is 0 Å². The molecule has 0 saturated carbocycles. The summed E-state index contributed by atoms with van der Waals surface area (Å²) >= 11 is 22.5. The third-order valence-corrected chi connectivity index (χ3v) is 3.03. The van der Waals surface area contributed by atoms with Gasteiger partial charge in [-0.2, -0.15) is 0 Å². The van der Waals surface area contributed by atoms with Gasteiger partial charge in [0.1, 0.15) is 5.75 Å². The fraction of sp³-hybridized carbons (Fsp3) is 0.200. The Morgan fingerprint density at radius 1 is 1.00 bits per heavy atom. The minimum Gasteiger partial charge on any atom is -0.484 e. The first-order valence-corrected chi connectivity index (χ1v) is 6.02. The Morgan fingerprint density at radius 3 is 2.18 bits per heavy atom. The second-order valence-electron chi connectivity index (χ2n) is 2.97. The van der Waals surface area contributed by atoms with E-state index in [4.69, 9.17) is 51.1 Å². The topological polar surface area (TPSA) is 43.4 Å². The van der Waals surface area contributed by atoms with Crippen LogP contribution in [0, 0.1) is 0 Å². The smallest absolute Gasteiger partial charge is 0.236 e. The van der Waals surface area contributed by atoms with Gasteiger partial charge >= 0.3 is 0 Å². The lowest BCUT2D eigenvalue weighted by atomic mass is 10.3. The van der Waals surface area contributed by atoms with Gasteiger partial charge in [0.15, 0.2) is 6.61 Å². The molecule has 0 heterocycles. The molecule has 0 aliphatic rings. The minimum atomic E-state index is -0.734. The van der Waals surface area contributed by atoms with E-state index in [1.54, 1.807) is 0 Å². The number of carbonyl (C=O) groups excluding carboxylic acids is 2. The van der Waals surface area contributed by atoms with E-state index in [2.05, 4.69) is 0 Å². The lowest BCUT2D eigenvalue weighted by molar-refractivity contribution is -0.136. The molecule has 17 heavy (non-hydrogen) atoms. The number of rotatable bonds is 5. The van der Waals surface area contributed by atoms with Crippen molar-refractivity contribution in [3.63, 3.8) is 0 Å². The van der Waals surface area contributed by atoms with Crippen molar-refractivity contribution < 1.29 is 14.3 Å². The number of hydrogen-bond donors (Lipinski definition) is 0. The summed E-state index contributed by atoms with van der Waals surface area (Å²) in [6.45, 7) is -0.441. The van der Waals surface area contributed by atoms with Crippen molar-refractivity contribution in [1.82, 2.24) is 0 Å². The van der Waals surface area contributed by atoms with Crippen LogP contribution in [0.15, 0.2) is 12.1 Å². The molecule has 1 rings (SSSR count). The van der Waals surface area contributed by atoms with Gasteiger partial charge in [-0.15, -0.1) is 11.6 Å². The first-order chi connectivity index (χ1) is 7.95. The Balaban J connectivity index is 2.73. The van der Waals surface area contributed by atoms with E-state index in [9.17, 15) is 9.59 Å². The molecule has 0 aromatic heterocycles. The number of ether oxygens (including phenoxy) is 1. The molecule has 0 N–H and O–H groups in total. The molecule has 0 aliphatic carbocycles. The van der Waals surface area contributed by atoms with Gasteiger partial charge in [0, 0.05) is 6.07 Å². The van der Waals surface area contributed by atoms with Crippen molar-refractivity contribution in [2.45, 2.75) is 0 Å². The molecule has 1 aromatic carbocycles. The molecule has 3 nitrogen and oxygen atoms in total. The third kappa shape index (κ3) is 4.03. The maximum absolute atomic E-state index is 11.1. The fourth-order valence-corrected chi connectivity index (χ4v) is 1.65. The normalized spacial score (nSPS) is 10.1. The molecule has 1 aromatic rings. The fourth-order valence-electron chi connectivity index (χ4n) is 0.913. The summed E-state index contributed by atoms with van der Waals surface area (Å²) in [4.78, 5) is 22.0. The lowest BCUT2D eigenvalue weighted by Gasteiger charge is -2.07. The van der Waals surface area contributed by atoms with Crippen molar-refractivity contribution in [1.29, 1.82) is 0 Å². The average molecular weight is 316 g/mol. The van der Waals surface area contributed by atoms with Gasteiger partial charge in [-0.05, 0) is 6.07 Å². The van der Waals surface area contributed by atoms with Gasteiger partial charge in [0.05, 0.1) is 20.9 Å². The van der Waals surface area contributed by atoms with Crippen molar-refractivity contribution in [3.05, 3.63) is 27.2 Å². The summed E-state index contributed by atoms with van der Waals surface area (Å²) in [7, 11) is 0. The zero-order valence-corrected chi connectivity index (χ0v) is 11.3. The first kappa shape index (κ1) is 14.6. The zero-order valence-electron chi connectivity index (χ0n) is 8.31. The summed E-state index contributed by atoms with van der Waals surface area (Å²) in [6.07, 6.45) is 0. The van der Waals surface area contributed by atoms with Crippen LogP contribution >= 0.6 is 46.4 Å². The molecule has 0 amide bonds. The molecule has 0 bridgehead atoms. The van der Waals surface area contributed by atoms with Gasteiger partial charge in [0.25, 0.3) is 0 Å². The highest BCUT2D eigenvalue weighted by Gasteiger charge is 2.14. The maximum atomic E-state index is 11.1. The monoisotopic (exact) mass is 314 g/mol. The number of carbonyl (C=O) groups is 2. The molecular formula is C10H6Cl4O3. The number of benzene rings is 1. The summed E-state index contributed by atoms with van der Waals surface area (Å²) in [6, 6.07) is 2.75. The molecular weight excluding hydrogens is 310 g/mol. The highest BCUT2D eigenvalue weighted by atomic mass is 35.5. The number of Topliss-reactive ketones (excluding diaryl/α,β-unsaturated/α-hetero) is 2. The molecule has 0 fully saturated rings. The highest BCUT2D eigenvalue weighted by molar-refractivity contribution is 6.47. The number of hydrogen-bond acceptors (Lipinski definition) is 3. The van der Waals surface area contributed by atoms with Gasteiger partial charge in [-0.1, -0.05) is 34.8 Å². The van der Waals surface area contributed by atoms with E-state index in [-0.39, 0.29) is 26.7 Å². The van der Waals surface area contributed by atoms with Crippen LogP contribution in [-0.2, 0) is 9.59 Å². The van der Waals surface area contributed by atoms with Crippen molar-refractivity contribution in [3.8, 4) is 5.75 Å². The summed E-state index contributed by atoms with van der Waals surface area (Å²) in [5.41, 5.74) is 0. The Hall–Kier alpha value is -0.480. The highest BCUT2D eigenvalue weighted by Crippen LogP contribution is 2.33. The Kier molecular flexibility index (Phi) is 5.53. The predicted molar refractivity (Wildman–Crippen MR) is 67.7 cm³/mol. The standard InChI is InChI=1S/C10H6Cl4O3/c11-3-8(15)9(16)4-17-10-2-6(13)5(12)1-7(10)14/h1-2H,3-4H2. The van der Waals surface area contributed by atoms with E-state index >= 15 is 0 Å². The van der Waals surface area contributed by atoms with Crippen LogP contribution in [0.1, 0.15) is 0 Å². The van der Waals surface area contributed by atoms with E-state index in [0.717, 1.165) is 0 Å². The molecule has 0 spiro atoms. The Morgan fingerprint density at radius 2 is 1.59 bits per heavy atom. The summed E-state index contributed by atoms with van der Waals surface area (Å²) < 4.78 is 5.05. The largest absolute Gasteiger partial charge is 0.484 e. The van der Waals surface area contributed by atoms with Crippen LogP contribution in [0.5, 0.6) is 5.75 Å². The molecule has 0 unspecified atom stereocenters. The van der Waals surface area contributed by atoms with Crippen LogP contribution in [-0.4, -0.2) is 24.1 Å². The second-order valence-corrected chi connectivity index (χ2v) is 4.45. The maximum Gasteiger partial charge on any atom is 0.236 e. The van der Waals surface area contributed by atoms with Crippen LogP contribution < -0.4 is 4.74 Å². The summed E-state index contributed by atoms with van der Waals surface area (Å²) in [5, 5.41) is 0.708. The SMILES string of the molecule is O=C(CCl)C(=O)COc1cc(Cl)c(Cl)cc1Cl. The quantitative estimate of drug-likeness (QED) is 0.475. The van der Waals surface area contributed by atoms with E-state index in [1.165, 1.54) is 12.1 Å². The van der Waals surface area contributed by atoms with Crippen LogP contribution in [0.2, 0.25) is 15.1 Å². The predicted octanol–water partition coefficient (Wildman–Crippen LogP) is 3.40. The van der Waals surface area contributed by atoms with Gasteiger partial charge in [0.2, 0.25) is 11.6 Å². The van der Waals surface area contributed by atoms with Gasteiger partial charge in [-0.3, -0.25) is 9.59 Å². The average Bonchev–Trinajstić information content (AvgIpc) is 2.30. The molecule has 0 saturated heterocycles. The minimum absolute atomic E-state index is 0.178. The lowest BCUT2D eigenvalue weighted by Crippen LogP contribution is -2.22. The van der Waals surface area contributed by atoms with E-state index < -0.39 is 18.2 Å².